The lowest BCUT2D eigenvalue weighted by Gasteiger charge is -2.11. The second-order valence-corrected chi connectivity index (χ2v) is 7.21. The molecule has 0 aliphatic rings. The molecule has 27 heavy (non-hydrogen) atoms. The molecule has 1 aromatic heterocycles. The van der Waals surface area contributed by atoms with Crippen LogP contribution in [-0.4, -0.2) is 11.5 Å². The number of hydrogen-bond acceptors (Lipinski definition) is 1. The molecule has 3 N–H and O–H groups in total. The number of fused-ring (bicyclic) bond motifs is 1. The van der Waals surface area contributed by atoms with Crippen molar-refractivity contribution in [1.29, 1.82) is 0 Å². The normalized spacial score (nSPS) is 11.2. The summed E-state index contributed by atoms with van der Waals surface area (Å²) in [6.07, 6.45) is 3.07. The molecule has 0 saturated heterocycles. The molecule has 0 unspecified atom stereocenters. The third kappa shape index (κ3) is 3.51. The maximum absolute atomic E-state index is 6.50. The van der Waals surface area contributed by atoms with Crippen molar-refractivity contribution in [2.75, 3.05) is 6.54 Å². The Balaban J connectivity index is 1.92. The first kappa shape index (κ1) is 17.8. The first-order valence-corrected chi connectivity index (χ1v) is 9.81. The molecule has 3 aromatic carbocycles. The van der Waals surface area contributed by atoms with Crippen molar-refractivity contribution < 1.29 is 0 Å². The van der Waals surface area contributed by atoms with Crippen LogP contribution < -0.4 is 5.73 Å². The first-order valence-electron chi connectivity index (χ1n) is 9.43. The quantitative estimate of drug-likeness (QED) is 0.375. The molecule has 0 amide bonds. The predicted octanol–water partition coefficient (Wildman–Crippen LogP) is 6.44. The Hall–Kier alpha value is -2.55. The summed E-state index contributed by atoms with van der Waals surface area (Å²) in [6, 6.07) is 25.2. The number of hydrogen-bond donors (Lipinski definition) is 2. The monoisotopic (exact) mass is 374 g/mol. The molecule has 3 heteroatoms. The Morgan fingerprint density at radius 1 is 0.778 bits per heavy atom. The van der Waals surface area contributed by atoms with Gasteiger partial charge in [-0.15, -0.1) is 0 Å². The topological polar surface area (TPSA) is 41.8 Å². The van der Waals surface area contributed by atoms with Crippen LogP contribution in [0.25, 0.3) is 33.3 Å². The zero-order valence-electron chi connectivity index (χ0n) is 15.2. The van der Waals surface area contributed by atoms with Crippen LogP contribution in [0, 0.1) is 0 Å². The highest BCUT2D eigenvalue weighted by Gasteiger charge is 2.17. The summed E-state index contributed by atoms with van der Waals surface area (Å²) >= 11 is 6.50. The number of nitrogens with two attached hydrogens (primary N) is 1. The van der Waals surface area contributed by atoms with E-state index in [-0.39, 0.29) is 0 Å². The van der Waals surface area contributed by atoms with Crippen LogP contribution in [0.2, 0.25) is 5.02 Å². The summed E-state index contributed by atoms with van der Waals surface area (Å²) < 4.78 is 0. The van der Waals surface area contributed by atoms with Gasteiger partial charge in [0.05, 0.1) is 16.2 Å². The van der Waals surface area contributed by atoms with E-state index < -0.39 is 0 Å². The van der Waals surface area contributed by atoms with Gasteiger partial charge < -0.3 is 10.7 Å². The summed E-state index contributed by atoms with van der Waals surface area (Å²) in [6.45, 7) is 0.721. The number of aryl methyl sites for hydroxylation is 1. The van der Waals surface area contributed by atoms with E-state index in [2.05, 4.69) is 59.6 Å². The maximum atomic E-state index is 6.50. The van der Waals surface area contributed by atoms with Crippen LogP contribution in [0.5, 0.6) is 0 Å². The Bertz CT molecular complexity index is 1050. The second kappa shape index (κ2) is 7.99. The molecule has 0 aliphatic carbocycles. The van der Waals surface area contributed by atoms with E-state index in [0.29, 0.717) is 0 Å². The van der Waals surface area contributed by atoms with Gasteiger partial charge >= 0.3 is 0 Å². The number of halogens is 1. The molecule has 0 saturated carbocycles. The standard InChI is InChI=1S/C24H23ClN2/c25-22-15-8-14-21-20(13-6-7-16-26)23(27-24(21)22)19-12-5-4-11-18(19)17-9-2-1-3-10-17/h1-5,8-12,14-15,27H,6-7,13,16,26H2. The molecule has 0 spiro atoms. The molecule has 136 valence electrons. The number of rotatable bonds is 6. The summed E-state index contributed by atoms with van der Waals surface area (Å²) in [5.41, 5.74) is 12.9. The average Bonchev–Trinajstić information content (AvgIpc) is 3.09. The second-order valence-electron chi connectivity index (χ2n) is 6.80. The first-order chi connectivity index (χ1) is 13.3. The van der Waals surface area contributed by atoms with Crippen LogP contribution in [0.15, 0.2) is 72.8 Å². The fraction of sp³-hybridized carbons (Fsp3) is 0.167. The molecule has 1 heterocycles. The lowest BCUT2D eigenvalue weighted by molar-refractivity contribution is 0.748. The van der Waals surface area contributed by atoms with Gasteiger partial charge in [-0.2, -0.15) is 0 Å². The summed E-state index contributed by atoms with van der Waals surface area (Å²) in [7, 11) is 0. The lowest BCUT2D eigenvalue weighted by atomic mass is 9.94. The van der Waals surface area contributed by atoms with Gasteiger partial charge in [0.1, 0.15) is 0 Å². The summed E-state index contributed by atoms with van der Waals surface area (Å²) in [5.74, 6) is 0. The van der Waals surface area contributed by atoms with E-state index in [1.165, 1.54) is 27.6 Å². The zero-order valence-corrected chi connectivity index (χ0v) is 16.0. The highest BCUT2D eigenvalue weighted by Crippen LogP contribution is 2.38. The van der Waals surface area contributed by atoms with Crippen LogP contribution in [0.3, 0.4) is 0 Å². The van der Waals surface area contributed by atoms with Gasteiger partial charge in [-0.25, -0.2) is 0 Å². The van der Waals surface area contributed by atoms with Gasteiger partial charge in [-0.05, 0) is 48.6 Å². The molecule has 4 rings (SSSR count). The van der Waals surface area contributed by atoms with Gasteiger partial charge in [0.15, 0.2) is 0 Å². The van der Waals surface area contributed by atoms with Crippen LogP contribution in [0.4, 0.5) is 0 Å². The maximum Gasteiger partial charge on any atom is 0.0651 e. The van der Waals surface area contributed by atoms with Gasteiger partial charge in [0.25, 0.3) is 0 Å². The molecular formula is C24H23ClN2. The number of aromatic amines is 1. The smallest absolute Gasteiger partial charge is 0.0651 e. The average molecular weight is 375 g/mol. The van der Waals surface area contributed by atoms with Gasteiger partial charge in [0.2, 0.25) is 0 Å². The Morgan fingerprint density at radius 2 is 1.52 bits per heavy atom. The summed E-state index contributed by atoms with van der Waals surface area (Å²) in [4.78, 5) is 3.62. The molecule has 0 fully saturated rings. The van der Waals surface area contributed by atoms with Gasteiger partial charge in [-0.3, -0.25) is 0 Å². The third-order valence-corrected chi connectivity index (χ3v) is 5.37. The number of para-hydroxylation sites is 1. The molecule has 2 nitrogen and oxygen atoms in total. The third-order valence-electron chi connectivity index (χ3n) is 5.05. The fourth-order valence-electron chi connectivity index (χ4n) is 3.74. The van der Waals surface area contributed by atoms with Crippen molar-refractivity contribution in [2.45, 2.75) is 19.3 Å². The number of H-pyrrole nitrogens is 1. The van der Waals surface area contributed by atoms with Crippen LogP contribution in [0.1, 0.15) is 18.4 Å². The number of benzene rings is 3. The van der Waals surface area contributed by atoms with Crippen molar-refractivity contribution in [1.82, 2.24) is 4.98 Å². The largest absolute Gasteiger partial charge is 0.353 e. The Kier molecular flexibility index (Phi) is 5.28. The van der Waals surface area contributed by atoms with Gasteiger partial charge in [0, 0.05) is 10.9 Å². The minimum absolute atomic E-state index is 0.721. The Morgan fingerprint density at radius 3 is 2.30 bits per heavy atom. The molecule has 0 bridgehead atoms. The van der Waals surface area contributed by atoms with Crippen LogP contribution >= 0.6 is 11.6 Å². The SMILES string of the molecule is NCCCCc1c(-c2ccccc2-c2ccccc2)[nH]c2c(Cl)cccc12. The number of unbranched alkanes of at least 4 members (excludes halogenated alkanes) is 1. The van der Waals surface area contributed by atoms with Crippen molar-refractivity contribution in [3.63, 3.8) is 0 Å². The van der Waals surface area contributed by atoms with E-state index in [1.54, 1.807) is 0 Å². The molecule has 0 aliphatic heterocycles. The van der Waals surface area contributed by atoms with E-state index >= 15 is 0 Å². The minimum atomic E-state index is 0.721. The molecular weight excluding hydrogens is 352 g/mol. The van der Waals surface area contributed by atoms with E-state index in [0.717, 1.165) is 42.0 Å². The summed E-state index contributed by atoms with van der Waals surface area (Å²) in [5, 5.41) is 1.97. The Labute approximate surface area is 165 Å². The van der Waals surface area contributed by atoms with Crippen molar-refractivity contribution in [3.05, 3.63) is 83.4 Å². The number of aromatic nitrogens is 1. The van der Waals surface area contributed by atoms with E-state index in [1.807, 2.05) is 18.2 Å². The zero-order chi connectivity index (χ0) is 18.6. The molecule has 0 radical (unpaired) electrons. The van der Waals surface area contributed by atoms with Crippen molar-refractivity contribution in [3.8, 4) is 22.4 Å². The van der Waals surface area contributed by atoms with Crippen molar-refractivity contribution in [2.24, 2.45) is 5.73 Å². The highest BCUT2D eigenvalue weighted by atomic mass is 35.5. The predicted molar refractivity (Wildman–Crippen MR) is 116 cm³/mol. The lowest BCUT2D eigenvalue weighted by Crippen LogP contribution is -1.99. The van der Waals surface area contributed by atoms with E-state index in [4.69, 9.17) is 17.3 Å². The fourth-order valence-corrected chi connectivity index (χ4v) is 3.97. The van der Waals surface area contributed by atoms with E-state index in [9.17, 15) is 0 Å². The minimum Gasteiger partial charge on any atom is -0.353 e. The van der Waals surface area contributed by atoms with Crippen LogP contribution in [-0.2, 0) is 6.42 Å². The van der Waals surface area contributed by atoms with Gasteiger partial charge in [-0.1, -0.05) is 78.3 Å². The highest BCUT2D eigenvalue weighted by molar-refractivity contribution is 6.35. The number of nitrogens with one attached hydrogen (secondary N) is 1. The molecule has 0 atom stereocenters. The van der Waals surface area contributed by atoms with Crippen molar-refractivity contribution >= 4 is 22.5 Å². The molecule has 4 aromatic rings.